The first-order chi connectivity index (χ1) is 14.5. The first-order valence-electron chi connectivity index (χ1n) is 10.1. The summed E-state index contributed by atoms with van der Waals surface area (Å²) >= 11 is 6.21. The number of amides is 1. The number of carbonyl (C=O) groups is 1. The molecule has 156 valence electrons. The lowest BCUT2D eigenvalue weighted by Gasteiger charge is -2.20. The second-order valence-corrected chi connectivity index (χ2v) is 7.51. The SMILES string of the molecule is CCN(CC)C(=O)Oc1nn(-c2ccc(OC)cc2)c2c1-c1ccc(Cl)cc1CC2. The highest BCUT2D eigenvalue weighted by Crippen LogP contribution is 2.42. The Kier molecular flexibility index (Phi) is 5.68. The maximum atomic E-state index is 12.7. The minimum absolute atomic E-state index is 0.320. The van der Waals surface area contributed by atoms with Crippen LogP contribution < -0.4 is 9.47 Å². The lowest BCUT2D eigenvalue weighted by atomic mass is 9.89. The Morgan fingerprint density at radius 1 is 1.13 bits per heavy atom. The fourth-order valence-electron chi connectivity index (χ4n) is 3.84. The maximum absolute atomic E-state index is 12.7. The van der Waals surface area contributed by atoms with Gasteiger partial charge in [-0.3, -0.25) is 0 Å². The number of carbonyl (C=O) groups excluding carboxylic acids is 1. The molecule has 0 saturated heterocycles. The van der Waals surface area contributed by atoms with Crippen molar-refractivity contribution in [1.29, 1.82) is 0 Å². The number of hydrogen-bond acceptors (Lipinski definition) is 4. The molecular formula is C23H24ClN3O3. The number of aryl methyl sites for hydroxylation is 1. The van der Waals surface area contributed by atoms with E-state index in [0.29, 0.717) is 24.0 Å². The van der Waals surface area contributed by atoms with E-state index in [1.807, 2.05) is 61.0 Å². The zero-order chi connectivity index (χ0) is 21.3. The summed E-state index contributed by atoms with van der Waals surface area (Å²) in [5.41, 5.74) is 4.88. The van der Waals surface area contributed by atoms with E-state index in [1.54, 1.807) is 12.0 Å². The summed E-state index contributed by atoms with van der Waals surface area (Å²) in [5.74, 6) is 1.09. The van der Waals surface area contributed by atoms with Gasteiger partial charge in [-0.2, -0.15) is 0 Å². The van der Waals surface area contributed by atoms with Gasteiger partial charge in [0.1, 0.15) is 5.75 Å². The minimum Gasteiger partial charge on any atom is -0.497 e. The van der Waals surface area contributed by atoms with Crippen molar-refractivity contribution >= 4 is 17.7 Å². The summed E-state index contributed by atoms with van der Waals surface area (Å²) in [7, 11) is 1.64. The Labute approximate surface area is 181 Å². The summed E-state index contributed by atoms with van der Waals surface area (Å²) in [6.07, 6.45) is 1.21. The van der Waals surface area contributed by atoms with E-state index in [4.69, 9.17) is 26.2 Å². The van der Waals surface area contributed by atoms with E-state index in [0.717, 1.165) is 46.7 Å². The quantitative estimate of drug-likeness (QED) is 0.567. The monoisotopic (exact) mass is 425 g/mol. The zero-order valence-corrected chi connectivity index (χ0v) is 18.1. The van der Waals surface area contributed by atoms with Crippen molar-refractivity contribution in [3.8, 4) is 28.4 Å². The number of methoxy groups -OCH3 is 1. The number of fused-ring (bicyclic) bond motifs is 3. The van der Waals surface area contributed by atoms with E-state index in [9.17, 15) is 4.79 Å². The van der Waals surface area contributed by atoms with Crippen molar-refractivity contribution in [3.05, 3.63) is 58.7 Å². The van der Waals surface area contributed by atoms with Gasteiger partial charge in [0.2, 0.25) is 0 Å². The lowest BCUT2D eigenvalue weighted by molar-refractivity contribution is 0.155. The Morgan fingerprint density at radius 2 is 1.87 bits per heavy atom. The van der Waals surface area contributed by atoms with Crippen molar-refractivity contribution in [2.45, 2.75) is 26.7 Å². The van der Waals surface area contributed by atoms with Gasteiger partial charge in [-0.05, 0) is 74.2 Å². The standard InChI is InChI=1S/C23H24ClN3O3/c1-4-26(5-2)23(28)30-22-21-19-12-7-16(24)14-15(19)6-13-20(21)27(25-22)17-8-10-18(29-3)11-9-17/h7-12,14H,4-6,13H2,1-3H3. The van der Waals surface area contributed by atoms with E-state index in [1.165, 1.54) is 0 Å². The number of rotatable bonds is 5. The summed E-state index contributed by atoms with van der Waals surface area (Å²) in [6, 6.07) is 13.5. The highest BCUT2D eigenvalue weighted by Gasteiger charge is 2.29. The van der Waals surface area contributed by atoms with Crippen LogP contribution in [-0.2, 0) is 12.8 Å². The van der Waals surface area contributed by atoms with Crippen LogP contribution in [0.2, 0.25) is 5.02 Å². The number of ether oxygens (including phenoxy) is 2. The van der Waals surface area contributed by atoms with Gasteiger partial charge in [-0.15, -0.1) is 5.10 Å². The second-order valence-electron chi connectivity index (χ2n) is 7.08. The normalized spacial score (nSPS) is 12.1. The molecule has 0 fully saturated rings. The largest absolute Gasteiger partial charge is 0.497 e. The van der Waals surface area contributed by atoms with Gasteiger partial charge >= 0.3 is 6.09 Å². The van der Waals surface area contributed by atoms with Crippen molar-refractivity contribution in [3.63, 3.8) is 0 Å². The highest BCUT2D eigenvalue weighted by atomic mass is 35.5. The third kappa shape index (κ3) is 3.63. The molecule has 0 spiro atoms. The molecule has 1 amide bonds. The molecule has 0 atom stereocenters. The van der Waals surface area contributed by atoms with Crippen LogP contribution in [-0.4, -0.2) is 41.0 Å². The maximum Gasteiger partial charge on any atom is 0.416 e. The minimum atomic E-state index is -0.400. The van der Waals surface area contributed by atoms with Gasteiger partial charge in [-0.1, -0.05) is 17.7 Å². The molecule has 1 aliphatic rings. The fourth-order valence-corrected chi connectivity index (χ4v) is 4.03. The predicted octanol–water partition coefficient (Wildman–Crippen LogP) is 5.14. The number of nitrogens with zero attached hydrogens (tertiary/aromatic N) is 3. The molecule has 1 aliphatic carbocycles. The summed E-state index contributed by atoms with van der Waals surface area (Å²) in [4.78, 5) is 14.3. The Balaban J connectivity index is 1.84. The van der Waals surface area contributed by atoms with Crippen LogP contribution >= 0.6 is 11.6 Å². The van der Waals surface area contributed by atoms with Gasteiger partial charge in [0.25, 0.3) is 5.88 Å². The second kappa shape index (κ2) is 8.40. The third-order valence-corrected chi connectivity index (χ3v) is 5.67. The average molecular weight is 426 g/mol. The van der Waals surface area contributed by atoms with Crippen LogP contribution in [0.15, 0.2) is 42.5 Å². The van der Waals surface area contributed by atoms with Crippen LogP contribution in [0.3, 0.4) is 0 Å². The predicted molar refractivity (Wildman–Crippen MR) is 117 cm³/mol. The topological polar surface area (TPSA) is 56.6 Å². The molecule has 7 heteroatoms. The molecule has 0 saturated carbocycles. The van der Waals surface area contributed by atoms with E-state index in [-0.39, 0.29) is 0 Å². The number of hydrogen-bond donors (Lipinski definition) is 0. The lowest BCUT2D eigenvalue weighted by Crippen LogP contribution is -2.33. The summed E-state index contributed by atoms with van der Waals surface area (Å²) < 4.78 is 12.9. The van der Waals surface area contributed by atoms with E-state index < -0.39 is 6.09 Å². The molecular weight excluding hydrogens is 402 g/mol. The Bertz CT molecular complexity index is 1070. The van der Waals surface area contributed by atoms with Crippen molar-refractivity contribution < 1.29 is 14.3 Å². The third-order valence-electron chi connectivity index (χ3n) is 5.44. The molecule has 1 heterocycles. The molecule has 0 aliphatic heterocycles. The van der Waals surface area contributed by atoms with Crippen molar-refractivity contribution in [1.82, 2.24) is 14.7 Å². The first-order valence-corrected chi connectivity index (χ1v) is 10.4. The van der Waals surface area contributed by atoms with Gasteiger partial charge in [0.05, 0.1) is 24.1 Å². The van der Waals surface area contributed by atoms with Crippen LogP contribution in [0.1, 0.15) is 25.1 Å². The molecule has 1 aromatic heterocycles. The van der Waals surface area contributed by atoms with Crippen LogP contribution in [0.25, 0.3) is 16.8 Å². The van der Waals surface area contributed by atoms with E-state index in [2.05, 4.69) is 0 Å². The van der Waals surface area contributed by atoms with Crippen LogP contribution in [0, 0.1) is 0 Å². The smallest absolute Gasteiger partial charge is 0.416 e. The van der Waals surface area contributed by atoms with Crippen molar-refractivity contribution in [2.75, 3.05) is 20.2 Å². The molecule has 4 rings (SSSR count). The van der Waals surface area contributed by atoms with Gasteiger partial charge in [0.15, 0.2) is 0 Å². The number of halogens is 1. The number of aromatic nitrogens is 2. The molecule has 6 nitrogen and oxygen atoms in total. The Hall–Kier alpha value is -2.99. The molecule has 0 unspecified atom stereocenters. The summed E-state index contributed by atoms with van der Waals surface area (Å²) in [6.45, 7) is 4.99. The summed E-state index contributed by atoms with van der Waals surface area (Å²) in [5, 5.41) is 5.40. The average Bonchev–Trinajstić information content (AvgIpc) is 3.13. The molecule has 0 bridgehead atoms. The first kappa shape index (κ1) is 20.3. The molecule has 0 radical (unpaired) electrons. The highest BCUT2D eigenvalue weighted by molar-refractivity contribution is 6.30. The molecule has 2 aromatic carbocycles. The molecule has 0 N–H and O–H groups in total. The molecule has 30 heavy (non-hydrogen) atoms. The van der Waals surface area contributed by atoms with Gasteiger partial charge in [-0.25, -0.2) is 9.48 Å². The zero-order valence-electron chi connectivity index (χ0n) is 17.3. The Morgan fingerprint density at radius 3 is 2.53 bits per heavy atom. The fraction of sp³-hybridized carbons (Fsp3) is 0.304. The van der Waals surface area contributed by atoms with Crippen LogP contribution in [0.5, 0.6) is 11.6 Å². The number of benzene rings is 2. The van der Waals surface area contributed by atoms with Gasteiger partial charge < -0.3 is 14.4 Å². The van der Waals surface area contributed by atoms with Crippen molar-refractivity contribution in [2.24, 2.45) is 0 Å². The van der Waals surface area contributed by atoms with Gasteiger partial charge in [0, 0.05) is 18.1 Å². The van der Waals surface area contributed by atoms with E-state index >= 15 is 0 Å². The van der Waals surface area contributed by atoms with Crippen LogP contribution in [0.4, 0.5) is 4.79 Å². The molecule has 3 aromatic rings.